The summed E-state index contributed by atoms with van der Waals surface area (Å²) in [6, 6.07) is 11.3. The summed E-state index contributed by atoms with van der Waals surface area (Å²) in [6.07, 6.45) is 0.797. The van der Waals surface area contributed by atoms with E-state index in [2.05, 4.69) is 16.7 Å². The number of hydrogen-bond donors (Lipinski definition) is 2. The number of fused-ring (bicyclic) bond motifs is 1. The van der Waals surface area contributed by atoms with Gasteiger partial charge in [-0.1, -0.05) is 29.3 Å². The number of methoxy groups -OCH3 is 1. The van der Waals surface area contributed by atoms with E-state index in [0.29, 0.717) is 23.7 Å². The van der Waals surface area contributed by atoms with Crippen molar-refractivity contribution < 1.29 is 14.3 Å². The first-order valence-corrected chi connectivity index (χ1v) is 9.89. The zero-order chi connectivity index (χ0) is 19.4. The molecule has 1 unspecified atom stereocenters. The van der Waals surface area contributed by atoms with Gasteiger partial charge in [-0.3, -0.25) is 9.59 Å². The summed E-state index contributed by atoms with van der Waals surface area (Å²) in [6.45, 7) is 2.51. The molecule has 7 heteroatoms. The van der Waals surface area contributed by atoms with E-state index in [4.69, 9.17) is 16.3 Å². The molecule has 0 saturated carbocycles. The molecule has 0 aliphatic carbocycles. The van der Waals surface area contributed by atoms with Crippen LogP contribution in [0.15, 0.2) is 41.3 Å². The molecule has 3 rings (SSSR count). The van der Waals surface area contributed by atoms with Gasteiger partial charge in [0.05, 0.1) is 18.0 Å². The van der Waals surface area contributed by atoms with Gasteiger partial charge in [-0.05, 0) is 43.2 Å². The van der Waals surface area contributed by atoms with Gasteiger partial charge in [0.1, 0.15) is 5.75 Å². The molecule has 0 bridgehead atoms. The Labute approximate surface area is 167 Å². The lowest BCUT2D eigenvalue weighted by Crippen LogP contribution is -2.35. The molecule has 0 aromatic heterocycles. The molecule has 1 heterocycles. The molecule has 2 aromatic carbocycles. The standard InChI is InChI=1S/C20H21ClN2O3S/c1-12-3-5-16(26-2)13(9-12)7-8-22-19(24)11-18-20(25)23-15-10-14(21)4-6-17(15)27-18/h3-6,9-10,18H,7-8,11H2,1-2H3,(H,22,24)(H,23,25). The van der Waals surface area contributed by atoms with Crippen LogP contribution in [0, 0.1) is 6.92 Å². The minimum atomic E-state index is -0.452. The van der Waals surface area contributed by atoms with Crippen molar-refractivity contribution in [2.75, 3.05) is 19.0 Å². The van der Waals surface area contributed by atoms with Crippen LogP contribution in [0.1, 0.15) is 17.5 Å². The van der Waals surface area contributed by atoms with Crippen LogP contribution >= 0.6 is 23.4 Å². The van der Waals surface area contributed by atoms with Gasteiger partial charge >= 0.3 is 0 Å². The quantitative estimate of drug-likeness (QED) is 0.768. The molecule has 142 valence electrons. The van der Waals surface area contributed by atoms with Crippen LogP contribution in [0.25, 0.3) is 0 Å². The highest BCUT2D eigenvalue weighted by Gasteiger charge is 2.29. The number of carbonyl (C=O) groups is 2. The fourth-order valence-corrected chi connectivity index (χ4v) is 4.20. The Balaban J connectivity index is 1.53. The fourth-order valence-electron chi connectivity index (χ4n) is 2.94. The average Bonchev–Trinajstić information content (AvgIpc) is 2.63. The van der Waals surface area contributed by atoms with E-state index >= 15 is 0 Å². The zero-order valence-corrected chi connectivity index (χ0v) is 16.7. The van der Waals surface area contributed by atoms with E-state index < -0.39 is 5.25 Å². The van der Waals surface area contributed by atoms with Gasteiger partial charge in [0.25, 0.3) is 0 Å². The number of nitrogens with one attached hydrogen (secondary N) is 2. The molecule has 1 atom stereocenters. The Morgan fingerprint density at radius 2 is 2.11 bits per heavy atom. The molecule has 2 amide bonds. The van der Waals surface area contributed by atoms with Gasteiger partial charge in [-0.15, -0.1) is 11.8 Å². The van der Waals surface area contributed by atoms with E-state index in [1.807, 2.05) is 25.1 Å². The highest BCUT2D eigenvalue weighted by Crippen LogP contribution is 2.38. The highest BCUT2D eigenvalue weighted by atomic mass is 35.5. The van der Waals surface area contributed by atoms with Crippen LogP contribution in [-0.4, -0.2) is 30.7 Å². The normalized spacial score (nSPS) is 15.7. The molecule has 1 aliphatic rings. The number of carbonyl (C=O) groups excluding carboxylic acids is 2. The van der Waals surface area contributed by atoms with Crippen molar-refractivity contribution in [3.05, 3.63) is 52.5 Å². The second-order valence-corrected chi connectivity index (χ2v) is 8.04. The first-order valence-electron chi connectivity index (χ1n) is 8.63. The number of ether oxygens (including phenoxy) is 1. The molecular formula is C20H21ClN2O3S. The minimum Gasteiger partial charge on any atom is -0.496 e. The molecule has 5 nitrogen and oxygen atoms in total. The predicted molar refractivity (Wildman–Crippen MR) is 109 cm³/mol. The van der Waals surface area contributed by atoms with Crippen molar-refractivity contribution >= 4 is 40.9 Å². The molecular weight excluding hydrogens is 384 g/mol. The van der Waals surface area contributed by atoms with Crippen LogP contribution in [0.4, 0.5) is 5.69 Å². The number of amides is 2. The Bertz CT molecular complexity index is 872. The Hall–Kier alpha value is -2.18. The van der Waals surface area contributed by atoms with Crippen molar-refractivity contribution in [1.82, 2.24) is 5.32 Å². The second kappa shape index (κ2) is 8.67. The Kier molecular flexibility index (Phi) is 6.29. The Morgan fingerprint density at radius 1 is 1.30 bits per heavy atom. The van der Waals surface area contributed by atoms with Crippen molar-refractivity contribution in [1.29, 1.82) is 0 Å². The third-order valence-corrected chi connectivity index (χ3v) is 5.79. The number of halogens is 1. The van der Waals surface area contributed by atoms with Crippen LogP contribution in [0.3, 0.4) is 0 Å². The van der Waals surface area contributed by atoms with Gasteiger partial charge in [0.15, 0.2) is 0 Å². The maximum absolute atomic E-state index is 12.3. The number of aryl methyl sites for hydroxylation is 1. The number of benzene rings is 2. The molecule has 27 heavy (non-hydrogen) atoms. The maximum Gasteiger partial charge on any atom is 0.238 e. The first-order chi connectivity index (χ1) is 13.0. The molecule has 0 radical (unpaired) electrons. The summed E-state index contributed by atoms with van der Waals surface area (Å²) in [4.78, 5) is 25.4. The van der Waals surface area contributed by atoms with Crippen LogP contribution < -0.4 is 15.4 Å². The number of thioether (sulfide) groups is 1. The minimum absolute atomic E-state index is 0.128. The predicted octanol–water partition coefficient (Wildman–Crippen LogP) is 3.82. The zero-order valence-electron chi connectivity index (χ0n) is 15.2. The van der Waals surface area contributed by atoms with Crippen molar-refractivity contribution in [2.45, 2.75) is 29.9 Å². The Morgan fingerprint density at radius 3 is 2.89 bits per heavy atom. The van der Waals surface area contributed by atoms with Crippen LogP contribution in [0.2, 0.25) is 5.02 Å². The van der Waals surface area contributed by atoms with Crippen molar-refractivity contribution in [3.8, 4) is 5.75 Å². The molecule has 2 aromatic rings. The van der Waals surface area contributed by atoms with E-state index in [9.17, 15) is 9.59 Å². The number of anilines is 1. The first kappa shape index (κ1) is 19.6. The van der Waals surface area contributed by atoms with E-state index in [0.717, 1.165) is 21.8 Å². The lowest BCUT2D eigenvalue weighted by molar-refractivity contribution is -0.124. The summed E-state index contributed by atoms with van der Waals surface area (Å²) in [5, 5.41) is 5.83. The van der Waals surface area contributed by atoms with Gasteiger partial charge in [-0.2, -0.15) is 0 Å². The lowest BCUT2D eigenvalue weighted by atomic mass is 10.1. The summed E-state index contributed by atoms with van der Waals surface area (Å²) >= 11 is 7.34. The van der Waals surface area contributed by atoms with Crippen molar-refractivity contribution in [2.24, 2.45) is 0 Å². The third kappa shape index (κ3) is 4.96. The van der Waals surface area contributed by atoms with Crippen LogP contribution in [0.5, 0.6) is 5.75 Å². The molecule has 0 fully saturated rings. The molecule has 2 N–H and O–H groups in total. The summed E-state index contributed by atoms with van der Waals surface area (Å²) in [7, 11) is 1.64. The van der Waals surface area contributed by atoms with Crippen LogP contribution in [-0.2, 0) is 16.0 Å². The van der Waals surface area contributed by atoms with E-state index in [1.165, 1.54) is 11.8 Å². The third-order valence-electron chi connectivity index (χ3n) is 4.28. The smallest absolute Gasteiger partial charge is 0.238 e. The fraction of sp³-hybridized carbons (Fsp3) is 0.300. The summed E-state index contributed by atoms with van der Waals surface area (Å²) < 4.78 is 5.36. The summed E-state index contributed by atoms with van der Waals surface area (Å²) in [5.74, 6) is 0.490. The van der Waals surface area contributed by atoms with Crippen molar-refractivity contribution in [3.63, 3.8) is 0 Å². The van der Waals surface area contributed by atoms with Gasteiger partial charge in [-0.25, -0.2) is 0 Å². The second-order valence-electron chi connectivity index (χ2n) is 6.36. The van der Waals surface area contributed by atoms with Gasteiger partial charge < -0.3 is 15.4 Å². The average molecular weight is 405 g/mol. The van der Waals surface area contributed by atoms with Gasteiger partial charge in [0.2, 0.25) is 11.8 Å². The molecule has 0 saturated heterocycles. The number of rotatable bonds is 6. The lowest BCUT2D eigenvalue weighted by Gasteiger charge is -2.23. The highest BCUT2D eigenvalue weighted by molar-refractivity contribution is 8.01. The number of hydrogen-bond acceptors (Lipinski definition) is 4. The monoisotopic (exact) mass is 404 g/mol. The summed E-state index contributed by atoms with van der Waals surface area (Å²) in [5.41, 5.74) is 2.89. The SMILES string of the molecule is COc1ccc(C)cc1CCNC(=O)CC1Sc2ccc(Cl)cc2NC1=O. The maximum atomic E-state index is 12.3. The largest absolute Gasteiger partial charge is 0.496 e. The topological polar surface area (TPSA) is 67.4 Å². The van der Waals surface area contributed by atoms with E-state index in [-0.39, 0.29) is 18.2 Å². The molecule has 1 aliphatic heterocycles. The molecule has 0 spiro atoms. The van der Waals surface area contributed by atoms with Gasteiger partial charge in [0, 0.05) is 22.9 Å². The van der Waals surface area contributed by atoms with E-state index in [1.54, 1.807) is 19.2 Å².